The molecule has 2 fully saturated rings. The molecule has 0 aliphatic heterocycles. The molecule has 150 valence electrons. The molecule has 0 radical (unpaired) electrons. The fraction of sp³-hybridized carbons (Fsp3) is 0.538. The molecule has 0 aromatic heterocycles. The second-order valence-electron chi connectivity index (χ2n) is 10.6. The first-order chi connectivity index (χ1) is 13.4. The normalized spacial score (nSPS) is 19.4. The lowest BCUT2D eigenvalue weighted by atomic mass is 10.1. The zero-order chi connectivity index (χ0) is 19.8. The second kappa shape index (κ2) is 7.95. The SMILES string of the molecule is C[Si](C)(c1ccc(-c2ccc([Si](C)(C)C3CCCC3)cc2)cc1)C1CCCC1. The van der Waals surface area contributed by atoms with Crippen LogP contribution in [0.5, 0.6) is 0 Å². The van der Waals surface area contributed by atoms with Crippen LogP contribution in [0.2, 0.25) is 37.3 Å². The highest BCUT2D eigenvalue weighted by Gasteiger charge is 2.36. The standard InChI is InChI=1S/C26H38Si2/c1-27(2,23-9-5-6-10-23)25-17-13-21(14-18-25)22-15-19-26(20-16-22)28(3,4)24-11-7-8-12-24/h13-20,23-24H,5-12H2,1-4H3. The van der Waals surface area contributed by atoms with Crippen molar-refractivity contribution in [3.8, 4) is 11.1 Å². The van der Waals surface area contributed by atoms with Gasteiger partial charge in [-0.25, -0.2) is 0 Å². The van der Waals surface area contributed by atoms with Crippen molar-refractivity contribution < 1.29 is 0 Å². The van der Waals surface area contributed by atoms with Gasteiger partial charge in [-0.2, -0.15) is 0 Å². The summed E-state index contributed by atoms with van der Waals surface area (Å²) in [6.07, 6.45) is 11.6. The summed E-state index contributed by atoms with van der Waals surface area (Å²) in [6.45, 7) is 10.3. The third-order valence-corrected chi connectivity index (χ3v) is 17.2. The minimum atomic E-state index is -1.31. The van der Waals surface area contributed by atoms with Crippen LogP contribution >= 0.6 is 0 Å². The zero-order valence-electron chi connectivity index (χ0n) is 18.4. The van der Waals surface area contributed by atoms with Crippen LogP contribution in [-0.2, 0) is 0 Å². The number of hydrogen-bond donors (Lipinski definition) is 0. The third kappa shape index (κ3) is 3.83. The summed E-state index contributed by atoms with van der Waals surface area (Å²) in [5, 5.41) is 3.30. The molecule has 2 aromatic rings. The molecule has 2 aliphatic rings. The Morgan fingerprint density at radius 3 is 1.07 bits per heavy atom. The second-order valence-corrected chi connectivity index (χ2v) is 20.2. The van der Waals surface area contributed by atoms with Gasteiger partial charge in [0.1, 0.15) is 0 Å². The van der Waals surface area contributed by atoms with Gasteiger partial charge >= 0.3 is 0 Å². The van der Waals surface area contributed by atoms with Gasteiger partial charge < -0.3 is 0 Å². The Morgan fingerprint density at radius 2 is 0.786 bits per heavy atom. The van der Waals surface area contributed by atoms with Crippen LogP contribution in [0.25, 0.3) is 11.1 Å². The first-order valence-corrected chi connectivity index (χ1v) is 17.8. The number of hydrogen-bond acceptors (Lipinski definition) is 0. The number of benzene rings is 2. The van der Waals surface area contributed by atoms with Gasteiger partial charge in [0.05, 0.1) is 16.1 Å². The maximum Gasteiger partial charge on any atom is 0.0836 e. The molecule has 4 rings (SSSR count). The molecule has 0 saturated heterocycles. The smallest absolute Gasteiger partial charge is 0.0652 e. The molecule has 0 amide bonds. The lowest BCUT2D eigenvalue weighted by Gasteiger charge is -2.30. The molecule has 0 spiro atoms. The van der Waals surface area contributed by atoms with Crippen molar-refractivity contribution in [1.29, 1.82) is 0 Å². The molecule has 2 heteroatoms. The Bertz CT molecular complexity index is 705. The highest BCUT2D eigenvalue weighted by atomic mass is 28.3. The molecule has 2 aromatic carbocycles. The van der Waals surface area contributed by atoms with Crippen LogP contribution in [0.15, 0.2) is 48.5 Å². The zero-order valence-corrected chi connectivity index (χ0v) is 20.4. The molecule has 0 atom stereocenters. The van der Waals surface area contributed by atoms with Gasteiger partial charge in [0, 0.05) is 0 Å². The average Bonchev–Trinajstić information content (AvgIpc) is 3.42. The summed E-state index contributed by atoms with van der Waals surface area (Å²) in [5.74, 6) is 0. The Labute approximate surface area is 174 Å². The molecule has 2 saturated carbocycles. The molecule has 0 nitrogen and oxygen atoms in total. The largest absolute Gasteiger partial charge is 0.0836 e. The quantitative estimate of drug-likeness (QED) is 0.466. The molecule has 2 aliphatic carbocycles. The Kier molecular flexibility index (Phi) is 5.72. The average molecular weight is 407 g/mol. The van der Waals surface area contributed by atoms with Gasteiger partial charge in [-0.3, -0.25) is 0 Å². The fourth-order valence-electron chi connectivity index (χ4n) is 5.95. The highest BCUT2D eigenvalue weighted by molar-refractivity contribution is 6.91. The fourth-order valence-corrected chi connectivity index (χ4v) is 12.6. The van der Waals surface area contributed by atoms with Crippen LogP contribution in [-0.4, -0.2) is 16.1 Å². The summed E-state index contributed by atoms with van der Waals surface area (Å²) in [5.41, 5.74) is 4.74. The van der Waals surface area contributed by atoms with Crippen LogP contribution < -0.4 is 10.4 Å². The van der Waals surface area contributed by atoms with E-state index in [0.717, 1.165) is 11.1 Å². The number of rotatable bonds is 5. The van der Waals surface area contributed by atoms with E-state index in [1.165, 1.54) is 62.5 Å². The minimum Gasteiger partial charge on any atom is -0.0652 e. The van der Waals surface area contributed by atoms with E-state index in [9.17, 15) is 0 Å². The minimum absolute atomic E-state index is 0.986. The van der Waals surface area contributed by atoms with E-state index in [1.54, 1.807) is 10.4 Å². The van der Waals surface area contributed by atoms with Crippen molar-refractivity contribution in [3.05, 3.63) is 48.5 Å². The molecule has 0 heterocycles. The summed E-state index contributed by atoms with van der Waals surface area (Å²) < 4.78 is 0. The van der Waals surface area contributed by atoms with Crippen molar-refractivity contribution >= 4 is 26.5 Å². The van der Waals surface area contributed by atoms with Crippen LogP contribution in [0.4, 0.5) is 0 Å². The Hall–Kier alpha value is -1.13. The van der Waals surface area contributed by atoms with Crippen molar-refractivity contribution in [1.82, 2.24) is 0 Å². The Morgan fingerprint density at radius 1 is 0.500 bits per heavy atom. The lowest BCUT2D eigenvalue weighted by molar-refractivity contribution is 0.845. The molecular formula is C26H38Si2. The first-order valence-electron chi connectivity index (χ1n) is 11.6. The Balaban J connectivity index is 1.51. The van der Waals surface area contributed by atoms with E-state index in [0.29, 0.717) is 0 Å². The molecular weight excluding hydrogens is 368 g/mol. The van der Waals surface area contributed by atoms with E-state index < -0.39 is 16.1 Å². The van der Waals surface area contributed by atoms with Crippen molar-refractivity contribution in [3.63, 3.8) is 0 Å². The predicted molar refractivity (Wildman–Crippen MR) is 131 cm³/mol. The van der Waals surface area contributed by atoms with Crippen molar-refractivity contribution in [2.24, 2.45) is 0 Å². The molecule has 0 bridgehead atoms. The van der Waals surface area contributed by atoms with Gasteiger partial charge in [0.15, 0.2) is 0 Å². The van der Waals surface area contributed by atoms with Crippen molar-refractivity contribution in [2.45, 2.75) is 88.6 Å². The lowest BCUT2D eigenvalue weighted by Crippen LogP contribution is -2.45. The summed E-state index contributed by atoms with van der Waals surface area (Å²) >= 11 is 0. The van der Waals surface area contributed by atoms with E-state index >= 15 is 0 Å². The summed E-state index contributed by atoms with van der Waals surface area (Å²) in [4.78, 5) is 0. The highest BCUT2D eigenvalue weighted by Crippen LogP contribution is 2.39. The third-order valence-electron chi connectivity index (χ3n) is 8.34. The van der Waals surface area contributed by atoms with Gasteiger partial charge in [-0.05, 0) is 22.2 Å². The molecule has 0 N–H and O–H groups in total. The van der Waals surface area contributed by atoms with E-state index in [1.807, 2.05) is 0 Å². The monoisotopic (exact) mass is 406 g/mol. The van der Waals surface area contributed by atoms with E-state index in [-0.39, 0.29) is 0 Å². The van der Waals surface area contributed by atoms with Gasteiger partial charge in [0.2, 0.25) is 0 Å². The molecule has 28 heavy (non-hydrogen) atoms. The maximum atomic E-state index is 2.59. The maximum absolute atomic E-state index is 2.59. The topological polar surface area (TPSA) is 0 Å². The van der Waals surface area contributed by atoms with Gasteiger partial charge in [-0.1, -0.05) is 136 Å². The van der Waals surface area contributed by atoms with Crippen LogP contribution in [0.3, 0.4) is 0 Å². The van der Waals surface area contributed by atoms with Gasteiger partial charge in [0.25, 0.3) is 0 Å². The van der Waals surface area contributed by atoms with Crippen molar-refractivity contribution in [2.75, 3.05) is 0 Å². The van der Waals surface area contributed by atoms with Crippen LogP contribution in [0, 0.1) is 0 Å². The summed E-state index contributed by atoms with van der Waals surface area (Å²) in [6, 6.07) is 19.3. The van der Waals surface area contributed by atoms with E-state index in [4.69, 9.17) is 0 Å². The first kappa shape index (κ1) is 20.2. The predicted octanol–water partition coefficient (Wildman–Crippen LogP) is 7.07. The van der Waals surface area contributed by atoms with Crippen LogP contribution in [0.1, 0.15) is 51.4 Å². The van der Waals surface area contributed by atoms with E-state index in [2.05, 4.69) is 74.7 Å². The van der Waals surface area contributed by atoms with Gasteiger partial charge in [-0.15, -0.1) is 0 Å². The summed E-state index contributed by atoms with van der Waals surface area (Å²) in [7, 11) is -2.63. The molecule has 0 unspecified atom stereocenters.